The van der Waals surface area contributed by atoms with Crippen LogP contribution in [-0.2, 0) is 16.3 Å². The first kappa shape index (κ1) is 19.7. The number of anilines is 1. The van der Waals surface area contributed by atoms with Gasteiger partial charge >= 0.3 is 0 Å². The summed E-state index contributed by atoms with van der Waals surface area (Å²) in [6.07, 6.45) is 6.22. The van der Waals surface area contributed by atoms with Crippen molar-refractivity contribution in [2.45, 2.75) is 44.1 Å². The summed E-state index contributed by atoms with van der Waals surface area (Å²) >= 11 is 0. The number of aryl methyl sites for hydroxylation is 1. The fraction of sp³-hybridized carbons (Fsp3) is 0.476. The predicted molar refractivity (Wildman–Crippen MR) is 107 cm³/mol. The highest BCUT2D eigenvalue weighted by Gasteiger charge is 2.26. The molecule has 1 unspecified atom stereocenters. The third kappa shape index (κ3) is 5.01. The summed E-state index contributed by atoms with van der Waals surface area (Å²) in [7, 11) is -3.28. The molecular formula is C21H27N2O3S. The summed E-state index contributed by atoms with van der Waals surface area (Å²) < 4.78 is 29.4. The minimum absolute atomic E-state index is 0.0254. The minimum Gasteiger partial charge on any atom is -0.490 e. The van der Waals surface area contributed by atoms with Gasteiger partial charge in [-0.25, -0.2) is 13.4 Å². The van der Waals surface area contributed by atoms with Crippen molar-refractivity contribution in [2.75, 3.05) is 24.2 Å². The molecule has 27 heavy (non-hydrogen) atoms. The Bertz CT molecular complexity index is 857. The van der Waals surface area contributed by atoms with Gasteiger partial charge < -0.3 is 9.64 Å². The predicted octanol–water partition coefficient (Wildman–Crippen LogP) is 3.53. The molecule has 0 aliphatic carbocycles. The van der Waals surface area contributed by atoms with Crippen LogP contribution in [0.4, 0.5) is 5.82 Å². The number of piperidine rings is 1. The van der Waals surface area contributed by atoms with Gasteiger partial charge in [-0.15, -0.1) is 0 Å². The Morgan fingerprint density at radius 1 is 1.30 bits per heavy atom. The maximum atomic E-state index is 11.7. The van der Waals surface area contributed by atoms with Crippen LogP contribution >= 0.6 is 0 Å². The summed E-state index contributed by atoms with van der Waals surface area (Å²) in [4.78, 5) is 7.07. The zero-order valence-electron chi connectivity index (χ0n) is 16.2. The summed E-state index contributed by atoms with van der Waals surface area (Å²) in [5.74, 6) is 2.05. The van der Waals surface area contributed by atoms with Crippen molar-refractivity contribution in [1.82, 2.24) is 4.98 Å². The fourth-order valence-corrected chi connectivity index (χ4v) is 4.05. The van der Waals surface area contributed by atoms with E-state index in [-0.39, 0.29) is 11.0 Å². The Morgan fingerprint density at radius 2 is 2.04 bits per heavy atom. The molecule has 2 heterocycles. The van der Waals surface area contributed by atoms with Crippen LogP contribution in [0.3, 0.4) is 0 Å². The average Bonchev–Trinajstić information content (AvgIpc) is 2.68. The van der Waals surface area contributed by atoms with Gasteiger partial charge in [0.2, 0.25) is 0 Å². The van der Waals surface area contributed by atoms with Crippen molar-refractivity contribution in [3.05, 3.63) is 48.2 Å². The first-order chi connectivity index (χ1) is 12.9. The van der Waals surface area contributed by atoms with E-state index in [0.29, 0.717) is 11.7 Å². The van der Waals surface area contributed by atoms with Crippen molar-refractivity contribution < 1.29 is 13.2 Å². The molecule has 6 heteroatoms. The third-order valence-corrected chi connectivity index (χ3v) is 6.25. The Morgan fingerprint density at radius 3 is 2.63 bits per heavy atom. The van der Waals surface area contributed by atoms with Gasteiger partial charge in [0.05, 0.1) is 11.0 Å². The minimum atomic E-state index is -3.28. The first-order valence-electron chi connectivity index (χ1n) is 9.45. The van der Waals surface area contributed by atoms with E-state index < -0.39 is 9.84 Å². The number of nitrogens with zero attached hydrogens (tertiary/aromatic N) is 2. The Kier molecular flexibility index (Phi) is 6.05. The van der Waals surface area contributed by atoms with E-state index in [4.69, 9.17) is 4.74 Å². The van der Waals surface area contributed by atoms with Crippen LogP contribution in [0.25, 0.3) is 0 Å². The molecule has 2 aromatic rings. The van der Waals surface area contributed by atoms with E-state index in [1.807, 2.05) is 6.20 Å². The van der Waals surface area contributed by atoms with Gasteiger partial charge in [0.15, 0.2) is 9.84 Å². The molecule has 0 bridgehead atoms. The van der Waals surface area contributed by atoms with Crippen LogP contribution in [0.5, 0.6) is 5.75 Å². The van der Waals surface area contributed by atoms with Gasteiger partial charge in [0.1, 0.15) is 11.6 Å². The van der Waals surface area contributed by atoms with Gasteiger partial charge in [0.25, 0.3) is 0 Å². The molecule has 0 amide bonds. The molecule has 1 fully saturated rings. The van der Waals surface area contributed by atoms with Gasteiger partial charge in [-0.2, -0.15) is 0 Å². The molecule has 1 aliphatic heterocycles. The molecule has 0 N–H and O–H groups in total. The topological polar surface area (TPSA) is 59.5 Å². The van der Waals surface area contributed by atoms with Crippen LogP contribution in [0.1, 0.15) is 32.3 Å². The van der Waals surface area contributed by atoms with E-state index in [9.17, 15) is 8.42 Å². The summed E-state index contributed by atoms with van der Waals surface area (Å²) in [6.45, 7) is 6.10. The monoisotopic (exact) mass is 387 g/mol. The van der Waals surface area contributed by atoms with E-state index in [1.165, 1.54) is 11.8 Å². The Hall–Kier alpha value is -2.08. The van der Waals surface area contributed by atoms with E-state index in [2.05, 4.69) is 41.9 Å². The highest BCUT2D eigenvalue weighted by atomic mass is 32.2. The molecule has 1 aromatic carbocycles. The zero-order chi connectivity index (χ0) is 19.4. The molecule has 1 saturated heterocycles. The van der Waals surface area contributed by atoms with Crippen molar-refractivity contribution in [3.63, 3.8) is 0 Å². The lowest BCUT2D eigenvalue weighted by Gasteiger charge is -2.35. The summed E-state index contributed by atoms with van der Waals surface area (Å²) in [5.41, 5.74) is 1.25. The zero-order valence-corrected chi connectivity index (χ0v) is 17.0. The van der Waals surface area contributed by atoms with Gasteiger partial charge in [-0.1, -0.05) is 13.0 Å². The molecular weight excluding hydrogens is 360 g/mol. The van der Waals surface area contributed by atoms with Gasteiger partial charge in [-0.3, -0.25) is 0 Å². The SMILES string of the molecule is CCc1ccc(N2CCC(C(C)Oc3cc[c]c(S(C)(=O)=O)c3)CC2)nc1. The first-order valence-corrected chi connectivity index (χ1v) is 11.3. The molecule has 1 atom stereocenters. The quantitative estimate of drug-likeness (QED) is 0.759. The number of aromatic nitrogens is 1. The summed E-state index contributed by atoms with van der Waals surface area (Å²) in [6, 6.07) is 11.9. The lowest BCUT2D eigenvalue weighted by molar-refractivity contribution is 0.132. The highest BCUT2D eigenvalue weighted by Crippen LogP contribution is 2.27. The van der Waals surface area contributed by atoms with Crippen LogP contribution in [0.2, 0.25) is 0 Å². The molecule has 3 rings (SSSR count). The van der Waals surface area contributed by atoms with Crippen LogP contribution < -0.4 is 9.64 Å². The number of hydrogen-bond acceptors (Lipinski definition) is 5. The molecule has 1 aromatic heterocycles. The number of ether oxygens (including phenoxy) is 1. The van der Waals surface area contributed by atoms with Crippen molar-refractivity contribution in [1.29, 1.82) is 0 Å². The second-order valence-corrected chi connectivity index (χ2v) is 9.17. The molecule has 145 valence electrons. The Labute approximate surface area is 162 Å². The molecule has 1 aliphatic rings. The molecule has 0 saturated carbocycles. The average molecular weight is 388 g/mol. The van der Waals surface area contributed by atoms with Crippen molar-refractivity contribution in [2.24, 2.45) is 5.92 Å². The summed E-state index contributed by atoms with van der Waals surface area (Å²) in [5, 5.41) is 0. The number of benzene rings is 1. The largest absolute Gasteiger partial charge is 0.490 e. The number of sulfone groups is 1. The maximum absolute atomic E-state index is 11.7. The van der Waals surface area contributed by atoms with E-state index in [1.54, 1.807) is 18.2 Å². The van der Waals surface area contributed by atoms with Crippen LogP contribution in [0.15, 0.2) is 41.4 Å². The Balaban J connectivity index is 1.57. The number of hydrogen-bond donors (Lipinski definition) is 0. The van der Waals surface area contributed by atoms with E-state index >= 15 is 0 Å². The van der Waals surface area contributed by atoms with Gasteiger partial charge in [-0.05, 0) is 61.9 Å². The smallest absolute Gasteiger partial charge is 0.176 e. The number of rotatable bonds is 6. The number of pyridine rings is 1. The van der Waals surface area contributed by atoms with Crippen molar-refractivity contribution >= 4 is 15.7 Å². The highest BCUT2D eigenvalue weighted by molar-refractivity contribution is 7.90. The second-order valence-electron chi connectivity index (χ2n) is 7.19. The lowest BCUT2D eigenvalue weighted by atomic mass is 9.92. The second kappa shape index (κ2) is 8.30. The normalized spacial score (nSPS) is 16.9. The standard InChI is InChI=1S/C21H27N2O3S/c1-4-17-8-9-21(22-15-17)23-12-10-18(11-13-23)16(2)26-19-6-5-7-20(14-19)27(3,24)25/h5-6,8-9,14-16,18H,4,10-13H2,1-3H3. The van der Waals surface area contributed by atoms with Crippen LogP contribution in [0, 0.1) is 12.0 Å². The van der Waals surface area contributed by atoms with Crippen LogP contribution in [-0.4, -0.2) is 38.9 Å². The fourth-order valence-electron chi connectivity index (χ4n) is 3.43. The molecule has 0 spiro atoms. The third-order valence-electron chi connectivity index (χ3n) is 5.21. The van der Waals surface area contributed by atoms with Crippen molar-refractivity contribution in [3.8, 4) is 5.75 Å². The molecule has 5 nitrogen and oxygen atoms in total. The maximum Gasteiger partial charge on any atom is 0.176 e. The molecule has 1 radical (unpaired) electrons. The van der Waals surface area contributed by atoms with Gasteiger partial charge in [0, 0.05) is 31.6 Å². The lowest BCUT2D eigenvalue weighted by Crippen LogP contribution is -2.39. The van der Waals surface area contributed by atoms with E-state index in [0.717, 1.165) is 38.2 Å².